The van der Waals surface area contributed by atoms with E-state index in [9.17, 15) is 4.79 Å². The first-order chi connectivity index (χ1) is 10.1. The van der Waals surface area contributed by atoms with Gasteiger partial charge in [-0.1, -0.05) is 23.4 Å². The summed E-state index contributed by atoms with van der Waals surface area (Å²) >= 11 is 6.09. The first kappa shape index (κ1) is 15.2. The lowest BCUT2D eigenvalue weighted by Crippen LogP contribution is -2.26. The van der Waals surface area contributed by atoms with Gasteiger partial charge in [0.15, 0.2) is 0 Å². The molecule has 2 rings (SSSR count). The summed E-state index contributed by atoms with van der Waals surface area (Å²) in [4.78, 5) is 13.9. The van der Waals surface area contributed by atoms with Gasteiger partial charge in [0.2, 0.25) is 0 Å². The predicted octanol–water partition coefficient (Wildman–Crippen LogP) is 2.55. The first-order valence-electron chi connectivity index (χ1n) is 6.27. The zero-order valence-corrected chi connectivity index (χ0v) is 12.2. The van der Waals surface area contributed by atoms with Crippen LogP contribution in [-0.2, 0) is 6.54 Å². The van der Waals surface area contributed by atoms with Crippen LogP contribution in [0, 0.1) is 11.8 Å². The molecule has 1 aromatic carbocycles. The molecule has 1 amide bonds. The number of carbonyl (C=O) groups is 1. The normalized spacial score (nSPS) is 9.86. The number of hydrogen-bond acceptors (Lipinski definition) is 3. The molecule has 0 radical (unpaired) electrons. The van der Waals surface area contributed by atoms with Crippen molar-refractivity contribution in [1.29, 1.82) is 0 Å². The standard InChI is InChI=1S/C16H14ClNO3/c1-18(10-12-6-8-21-11-12)16(20)14-5-4-13(3-2-7-19)15(17)9-14/h4-6,8-9,11,19H,7,10H2,1H3. The number of nitrogens with zero attached hydrogens (tertiary/aromatic N) is 1. The first-order valence-corrected chi connectivity index (χ1v) is 6.65. The Morgan fingerprint density at radius 1 is 1.43 bits per heavy atom. The zero-order chi connectivity index (χ0) is 15.2. The van der Waals surface area contributed by atoms with Crippen molar-refractivity contribution in [3.63, 3.8) is 0 Å². The highest BCUT2D eigenvalue weighted by atomic mass is 35.5. The maximum Gasteiger partial charge on any atom is 0.253 e. The molecule has 0 spiro atoms. The molecule has 1 aromatic heterocycles. The average molecular weight is 304 g/mol. The van der Waals surface area contributed by atoms with Crippen molar-refractivity contribution < 1.29 is 14.3 Å². The van der Waals surface area contributed by atoms with E-state index in [1.807, 2.05) is 6.07 Å². The number of halogens is 1. The fourth-order valence-electron chi connectivity index (χ4n) is 1.83. The van der Waals surface area contributed by atoms with Gasteiger partial charge in [-0.05, 0) is 24.3 Å². The zero-order valence-electron chi connectivity index (χ0n) is 11.5. The molecule has 5 heteroatoms. The number of amides is 1. The number of carbonyl (C=O) groups excluding carboxylic acids is 1. The molecular weight excluding hydrogens is 290 g/mol. The van der Waals surface area contributed by atoms with E-state index in [0.717, 1.165) is 5.56 Å². The maximum absolute atomic E-state index is 12.3. The topological polar surface area (TPSA) is 53.7 Å². The predicted molar refractivity (Wildman–Crippen MR) is 79.9 cm³/mol. The molecule has 0 bridgehead atoms. The van der Waals surface area contributed by atoms with Crippen LogP contribution in [0.5, 0.6) is 0 Å². The van der Waals surface area contributed by atoms with Crippen molar-refractivity contribution in [2.45, 2.75) is 6.54 Å². The fourth-order valence-corrected chi connectivity index (χ4v) is 2.06. The highest BCUT2D eigenvalue weighted by Crippen LogP contribution is 2.18. The number of aliphatic hydroxyl groups excluding tert-OH is 1. The van der Waals surface area contributed by atoms with Crippen molar-refractivity contribution in [3.8, 4) is 11.8 Å². The Hall–Kier alpha value is -2.22. The lowest BCUT2D eigenvalue weighted by atomic mass is 10.1. The third kappa shape index (κ3) is 3.88. The summed E-state index contributed by atoms with van der Waals surface area (Å²) in [5.74, 6) is 5.11. The van der Waals surface area contributed by atoms with Crippen LogP contribution >= 0.6 is 11.6 Å². The monoisotopic (exact) mass is 303 g/mol. The molecule has 0 atom stereocenters. The van der Waals surface area contributed by atoms with Gasteiger partial charge in [-0.25, -0.2) is 0 Å². The van der Waals surface area contributed by atoms with Gasteiger partial charge >= 0.3 is 0 Å². The Morgan fingerprint density at radius 2 is 2.24 bits per heavy atom. The molecule has 1 N–H and O–H groups in total. The Kier molecular flexibility index (Phi) is 5.04. The molecule has 4 nitrogen and oxygen atoms in total. The van der Waals surface area contributed by atoms with E-state index >= 15 is 0 Å². The van der Waals surface area contributed by atoms with E-state index in [4.69, 9.17) is 21.1 Å². The molecule has 1 heterocycles. The molecule has 108 valence electrons. The van der Waals surface area contributed by atoms with E-state index < -0.39 is 0 Å². The van der Waals surface area contributed by atoms with E-state index in [1.165, 1.54) is 0 Å². The Bertz CT molecular complexity index is 683. The Morgan fingerprint density at radius 3 is 2.86 bits per heavy atom. The van der Waals surface area contributed by atoms with Gasteiger partial charge < -0.3 is 14.4 Å². The summed E-state index contributed by atoms with van der Waals surface area (Å²) in [5.41, 5.74) is 1.99. The third-order valence-electron chi connectivity index (χ3n) is 2.86. The maximum atomic E-state index is 12.3. The molecule has 21 heavy (non-hydrogen) atoms. The van der Waals surface area contributed by atoms with Gasteiger partial charge in [0, 0.05) is 30.3 Å². The van der Waals surface area contributed by atoms with Crippen molar-refractivity contribution >= 4 is 17.5 Å². The third-order valence-corrected chi connectivity index (χ3v) is 3.18. The molecule has 0 saturated heterocycles. The minimum absolute atomic E-state index is 0.139. The van der Waals surface area contributed by atoms with Crippen LogP contribution in [-0.4, -0.2) is 29.6 Å². The van der Waals surface area contributed by atoms with Crippen molar-refractivity contribution in [3.05, 3.63) is 58.5 Å². The van der Waals surface area contributed by atoms with Crippen LogP contribution in [0.15, 0.2) is 41.2 Å². The van der Waals surface area contributed by atoms with Crippen LogP contribution in [0.2, 0.25) is 5.02 Å². The van der Waals surface area contributed by atoms with Crippen molar-refractivity contribution in [2.24, 2.45) is 0 Å². The summed E-state index contributed by atoms with van der Waals surface area (Å²) in [5, 5.41) is 9.06. The second-order valence-corrected chi connectivity index (χ2v) is 4.85. The van der Waals surface area contributed by atoms with Crippen LogP contribution in [0.4, 0.5) is 0 Å². The second kappa shape index (κ2) is 6.98. The number of rotatable bonds is 3. The SMILES string of the molecule is CN(Cc1ccoc1)C(=O)c1ccc(C#CCO)c(Cl)c1. The minimum Gasteiger partial charge on any atom is -0.472 e. The molecule has 0 aliphatic heterocycles. The van der Waals surface area contributed by atoms with E-state index in [1.54, 1.807) is 42.7 Å². The van der Waals surface area contributed by atoms with Crippen LogP contribution in [0.1, 0.15) is 21.5 Å². The highest BCUT2D eigenvalue weighted by molar-refractivity contribution is 6.32. The number of aliphatic hydroxyl groups is 1. The summed E-state index contributed by atoms with van der Waals surface area (Å²) < 4.78 is 4.98. The van der Waals surface area contributed by atoms with Crippen molar-refractivity contribution in [1.82, 2.24) is 4.90 Å². The Balaban J connectivity index is 2.14. The quantitative estimate of drug-likeness (QED) is 0.887. The molecule has 0 saturated carbocycles. The lowest BCUT2D eigenvalue weighted by molar-refractivity contribution is 0.0785. The van der Waals surface area contributed by atoms with Gasteiger partial charge in [-0.3, -0.25) is 4.79 Å². The van der Waals surface area contributed by atoms with E-state index in [-0.39, 0.29) is 12.5 Å². The van der Waals surface area contributed by atoms with Crippen LogP contribution in [0.25, 0.3) is 0 Å². The average Bonchev–Trinajstić information content (AvgIpc) is 2.98. The fraction of sp³-hybridized carbons (Fsp3) is 0.188. The molecule has 0 aliphatic carbocycles. The summed E-state index contributed by atoms with van der Waals surface area (Å²) in [7, 11) is 1.71. The molecular formula is C16H14ClNO3. The van der Waals surface area contributed by atoms with Crippen LogP contribution < -0.4 is 0 Å². The van der Waals surface area contributed by atoms with E-state index in [2.05, 4.69) is 11.8 Å². The molecule has 0 fully saturated rings. The smallest absolute Gasteiger partial charge is 0.253 e. The number of furan rings is 1. The summed E-state index contributed by atoms with van der Waals surface area (Å²) in [6, 6.07) is 6.73. The van der Waals surface area contributed by atoms with Crippen LogP contribution in [0.3, 0.4) is 0 Å². The lowest BCUT2D eigenvalue weighted by Gasteiger charge is -2.16. The Labute approximate surface area is 127 Å². The largest absolute Gasteiger partial charge is 0.472 e. The number of benzene rings is 1. The van der Waals surface area contributed by atoms with E-state index in [0.29, 0.717) is 22.7 Å². The summed E-state index contributed by atoms with van der Waals surface area (Å²) in [6.45, 7) is 0.226. The molecule has 0 aliphatic rings. The van der Waals surface area contributed by atoms with Gasteiger partial charge in [0.1, 0.15) is 6.61 Å². The van der Waals surface area contributed by atoms with Gasteiger partial charge in [0.25, 0.3) is 5.91 Å². The summed E-state index contributed by atoms with van der Waals surface area (Å²) in [6.07, 6.45) is 3.17. The molecule has 2 aromatic rings. The van der Waals surface area contributed by atoms with Gasteiger partial charge in [-0.15, -0.1) is 0 Å². The van der Waals surface area contributed by atoms with Crippen molar-refractivity contribution in [2.75, 3.05) is 13.7 Å². The second-order valence-electron chi connectivity index (χ2n) is 4.45. The van der Waals surface area contributed by atoms with Gasteiger partial charge in [-0.2, -0.15) is 0 Å². The minimum atomic E-state index is -0.232. The molecule has 0 unspecified atom stereocenters. The highest BCUT2D eigenvalue weighted by Gasteiger charge is 2.13. The number of hydrogen-bond donors (Lipinski definition) is 1. The van der Waals surface area contributed by atoms with Gasteiger partial charge in [0.05, 0.1) is 17.5 Å².